The highest BCUT2D eigenvalue weighted by Gasteiger charge is 2.34. The SMILES string of the molecule is C=C(C)CC(O)(CO)C(=O)O. The number of carboxylic acid groups (broad SMARTS) is 1. The Morgan fingerprint density at radius 1 is 1.64 bits per heavy atom. The molecule has 0 amide bonds. The first-order valence-corrected chi connectivity index (χ1v) is 3.13. The Balaban J connectivity index is 4.34. The maximum absolute atomic E-state index is 10.3. The molecule has 1 unspecified atom stereocenters. The molecule has 64 valence electrons. The highest BCUT2D eigenvalue weighted by atomic mass is 16.4. The van der Waals surface area contributed by atoms with Crippen molar-refractivity contribution in [3.8, 4) is 0 Å². The molecule has 0 aliphatic heterocycles. The summed E-state index contributed by atoms with van der Waals surface area (Å²) in [7, 11) is 0. The van der Waals surface area contributed by atoms with E-state index >= 15 is 0 Å². The summed E-state index contributed by atoms with van der Waals surface area (Å²) in [5.41, 5.74) is -1.55. The van der Waals surface area contributed by atoms with Crippen LogP contribution in [0.1, 0.15) is 13.3 Å². The van der Waals surface area contributed by atoms with Crippen LogP contribution in [-0.2, 0) is 4.79 Å². The molecule has 0 fully saturated rings. The second-order valence-corrected chi connectivity index (χ2v) is 2.63. The summed E-state index contributed by atoms with van der Waals surface area (Å²) in [6.07, 6.45) is -0.126. The van der Waals surface area contributed by atoms with E-state index in [-0.39, 0.29) is 6.42 Å². The van der Waals surface area contributed by atoms with E-state index in [2.05, 4.69) is 6.58 Å². The van der Waals surface area contributed by atoms with Crippen molar-refractivity contribution in [2.24, 2.45) is 0 Å². The number of aliphatic hydroxyl groups excluding tert-OH is 1. The molecule has 0 bridgehead atoms. The second kappa shape index (κ2) is 3.50. The van der Waals surface area contributed by atoms with Gasteiger partial charge in [-0.15, -0.1) is 6.58 Å². The van der Waals surface area contributed by atoms with E-state index in [4.69, 9.17) is 15.3 Å². The molecule has 0 spiro atoms. The molecule has 4 nitrogen and oxygen atoms in total. The second-order valence-electron chi connectivity index (χ2n) is 2.63. The van der Waals surface area contributed by atoms with Gasteiger partial charge in [-0.1, -0.05) is 5.57 Å². The number of aliphatic hydroxyl groups is 2. The average Bonchev–Trinajstić information content (AvgIpc) is 1.86. The summed E-state index contributed by atoms with van der Waals surface area (Å²) in [6.45, 7) is 4.23. The summed E-state index contributed by atoms with van der Waals surface area (Å²) < 4.78 is 0. The van der Waals surface area contributed by atoms with E-state index in [1.54, 1.807) is 6.92 Å². The molecule has 0 saturated heterocycles. The molecule has 4 heteroatoms. The minimum Gasteiger partial charge on any atom is -0.479 e. The Bertz CT molecular complexity index is 175. The van der Waals surface area contributed by atoms with Gasteiger partial charge in [0.25, 0.3) is 0 Å². The number of hydrogen-bond donors (Lipinski definition) is 3. The lowest BCUT2D eigenvalue weighted by molar-refractivity contribution is -0.162. The summed E-state index contributed by atoms with van der Waals surface area (Å²) >= 11 is 0. The van der Waals surface area contributed by atoms with E-state index in [0.29, 0.717) is 5.57 Å². The van der Waals surface area contributed by atoms with Crippen LogP contribution in [0.2, 0.25) is 0 Å². The summed E-state index contributed by atoms with van der Waals surface area (Å²) in [5.74, 6) is -1.43. The van der Waals surface area contributed by atoms with Crippen molar-refractivity contribution in [2.45, 2.75) is 18.9 Å². The molecular formula is C7H12O4. The van der Waals surface area contributed by atoms with Gasteiger partial charge in [-0.2, -0.15) is 0 Å². The van der Waals surface area contributed by atoms with Crippen molar-refractivity contribution in [3.63, 3.8) is 0 Å². The summed E-state index contributed by atoms with van der Waals surface area (Å²) in [4.78, 5) is 10.3. The standard InChI is InChI=1S/C7H12O4/c1-5(2)3-7(11,4-8)6(9)10/h8,11H,1,3-4H2,2H3,(H,9,10). The predicted molar refractivity (Wildman–Crippen MR) is 39.1 cm³/mol. The smallest absolute Gasteiger partial charge is 0.338 e. The monoisotopic (exact) mass is 160 g/mol. The van der Waals surface area contributed by atoms with Gasteiger partial charge in [0.1, 0.15) is 0 Å². The molecule has 11 heavy (non-hydrogen) atoms. The van der Waals surface area contributed by atoms with E-state index in [1.165, 1.54) is 0 Å². The Kier molecular flexibility index (Phi) is 3.22. The van der Waals surface area contributed by atoms with Crippen LogP contribution in [0.3, 0.4) is 0 Å². The van der Waals surface area contributed by atoms with E-state index in [9.17, 15) is 4.79 Å². The van der Waals surface area contributed by atoms with Gasteiger partial charge >= 0.3 is 5.97 Å². The number of carbonyl (C=O) groups is 1. The fraction of sp³-hybridized carbons (Fsp3) is 0.571. The highest BCUT2D eigenvalue weighted by molar-refractivity contribution is 5.77. The van der Waals surface area contributed by atoms with E-state index in [1.807, 2.05) is 0 Å². The van der Waals surface area contributed by atoms with Crippen LogP contribution >= 0.6 is 0 Å². The van der Waals surface area contributed by atoms with Gasteiger partial charge in [0.05, 0.1) is 6.61 Å². The van der Waals surface area contributed by atoms with Gasteiger partial charge in [0.2, 0.25) is 0 Å². The molecule has 0 aromatic carbocycles. The van der Waals surface area contributed by atoms with Crippen molar-refractivity contribution in [1.82, 2.24) is 0 Å². The third-order valence-corrected chi connectivity index (χ3v) is 1.25. The first-order valence-electron chi connectivity index (χ1n) is 3.13. The largest absolute Gasteiger partial charge is 0.479 e. The minimum absolute atomic E-state index is 0.126. The van der Waals surface area contributed by atoms with Crippen LogP contribution in [-0.4, -0.2) is 33.5 Å². The quantitative estimate of drug-likeness (QED) is 0.496. The number of aliphatic carboxylic acids is 1. The van der Waals surface area contributed by atoms with Gasteiger partial charge in [-0.3, -0.25) is 0 Å². The van der Waals surface area contributed by atoms with Gasteiger partial charge in [0.15, 0.2) is 5.60 Å². The van der Waals surface area contributed by atoms with Gasteiger partial charge < -0.3 is 15.3 Å². The van der Waals surface area contributed by atoms with E-state index in [0.717, 1.165) is 0 Å². The van der Waals surface area contributed by atoms with Crippen LogP contribution in [0, 0.1) is 0 Å². The number of hydrogen-bond acceptors (Lipinski definition) is 3. The minimum atomic E-state index is -2.06. The molecule has 0 saturated carbocycles. The molecule has 0 radical (unpaired) electrons. The molecule has 3 N–H and O–H groups in total. The third kappa shape index (κ3) is 2.69. The lowest BCUT2D eigenvalue weighted by Gasteiger charge is -2.20. The van der Waals surface area contributed by atoms with Gasteiger partial charge in [-0.25, -0.2) is 4.79 Å². The lowest BCUT2D eigenvalue weighted by atomic mass is 9.97. The molecule has 0 rings (SSSR count). The van der Waals surface area contributed by atoms with Crippen LogP contribution in [0.5, 0.6) is 0 Å². The molecule has 1 atom stereocenters. The maximum atomic E-state index is 10.3. The molecule has 0 aliphatic rings. The summed E-state index contributed by atoms with van der Waals surface area (Å²) in [6, 6.07) is 0. The fourth-order valence-electron chi connectivity index (χ4n) is 0.698. The Labute approximate surface area is 64.8 Å². The predicted octanol–water partition coefficient (Wildman–Crippen LogP) is -0.239. The van der Waals surface area contributed by atoms with Crippen molar-refractivity contribution < 1.29 is 20.1 Å². The first-order chi connectivity index (χ1) is 4.92. The van der Waals surface area contributed by atoms with Gasteiger partial charge in [-0.05, 0) is 6.92 Å². The lowest BCUT2D eigenvalue weighted by Crippen LogP contribution is -2.42. The van der Waals surface area contributed by atoms with Crippen molar-refractivity contribution >= 4 is 5.97 Å². The van der Waals surface area contributed by atoms with Crippen molar-refractivity contribution in [3.05, 3.63) is 12.2 Å². The third-order valence-electron chi connectivity index (χ3n) is 1.25. The Hall–Kier alpha value is -0.870. The molecule has 0 aromatic rings. The van der Waals surface area contributed by atoms with Crippen LogP contribution in [0.15, 0.2) is 12.2 Å². The number of carboxylic acids is 1. The van der Waals surface area contributed by atoms with E-state index < -0.39 is 18.2 Å². The molecule has 0 heterocycles. The zero-order valence-electron chi connectivity index (χ0n) is 6.37. The van der Waals surface area contributed by atoms with Crippen LogP contribution < -0.4 is 0 Å². The molecule has 0 aromatic heterocycles. The first kappa shape index (κ1) is 10.1. The zero-order valence-corrected chi connectivity index (χ0v) is 6.37. The van der Waals surface area contributed by atoms with Crippen LogP contribution in [0.4, 0.5) is 0 Å². The maximum Gasteiger partial charge on any atom is 0.338 e. The number of rotatable bonds is 4. The zero-order chi connectivity index (χ0) is 9.07. The molecular weight excluding hydrogens is 148 g/mol. The topological polar surface area (TPSA) is 77.8 Å². The van der Waals surface area contributed by atoms with Gasteiger partial charge in [0, 0.05) is 6.42 Å². The Morgan fingerprint density at radius 2 is 2.09 bits per heavy atom. The normalized spacial score (nSPS) is 15.5. The highest BCUT2D eigenvalue weighted by Crippen LogP contribution is 2.14. The summed E-state index contributed by atoms with van der Waals surface area (Å²) in [5, 5.41) is 26.1. The van der Waals surface area contributed by atoms with Crippen LogP contribution in [0.25, 0.3) is 0 Å². The molecule has 0 aliphatic carbocycles. The fourth-order valence-corrected chi connectivity index (χ4v) is 0.698. The average molecular weight is 160 g/mol. The van der Waals surface area contributed by atoms with Crippen molar-refractivity contribution in [2.75, 3.05) is 6.61 Å². The Morgan fingerprint density at radius 3 is 2.18 bits per heavy atom. The van der Waals surface area contributed by atoms with Crippen molar-refractivity contribution in [1.29, 1.82) is 0 Å².